The molecule has 0 atom stereocenters. The van der Waals surface area contributed by atoms with Crippen LogP contribution in [0.4, 0.5) is 5.69 Å². The van der Waals surface area contributed by atoms with Crippen molar-refractivity contribution in [2.75, 3.05) is 0 Å². The molecule has 142 valence electrons. The number of nitro groups is 1. The highest BCUT2D eigenvalue weighted by Gasteiger charge is 2.10. The van der Waals surface area contributed by atoms with Gasteiger partial charge < -0.3 is 4.57 Å². The van der Waals surface area contributed by atoms with Gasteiger partial charge in [0.15, 0.2) is 5.16 Å². The van der Waals surface area contributed by atoms with Gasteiger partial charge in [-0.3, -0.25) is 14.9 Å². The monoisotopic (exact) mass is 396 g/mol. The summed E-state index contributed by atoms with van der Waals surface area (Å²) in [5.41, 5.74) is 4.08. The van der Waals surface area contributed by atoms with Gasteiger partial charge in [-0.05, 0) is 23.8 Å². The number of para-hydroxylation sites is 1. The fraction of sp³-hybridized carbons (Fsp3) is 0.111. The van der Waals surface area contributed by atoms with Crippen LogP contribution in [0.1, 0.15) is 21.5 Å². The molecule has 0 unspecified atom stereocenters. The molecule has 2 aromatic carbocycles. The van der Waals surface area contributed by atoms with E-state index in [-0.39, 0.29) is 5.69 Å². The van der Waals surface area contributed by atoms with E-state index in [9.17, 15) is 14.9 Å². The third-order valence-electron chi connectivity index (χ3n) is 3.76. The normalized spacial score (nSPS) is 10.9. The van der Waals surface area contributed by atoms with Crippen molar-refractivity contribution in [1.82, 2.24) is 20.2 Å². The Labute approximate surface area is 164 Å². The van der Waals surface area contributed by atoms with Crippen LogP contribution in [0.5, 0.6) is 0 Å². The minimum atomic E-state index is -0.499. The fourth-order valence-corrected chi connectivity index (χ4v) is 3.14. The molecular formula is C18H16N6O3S. The lowest BCUT2D eigenvalue weighted by atomic mass is 10.1. The molecule has 1 N–H and O–H groups in total. The van der Waals surface area contributed by atoms with Crippen LogP contribution in [-0.2, 0) is 12.8 Å². The first-order chi connectivity index (χ1) is 13.5. The zero-order valence-corrected chi connectivity index (χ0v) is 15.7. The second kappa shape index (κ2) is 8.91. The van der Waals surface area contributed by atoms with Crippen molar-refractivity contribution < 1.29 is 9.72 Å². The van der Waals surface area contributed by atoms with Crippen molar-refractivity contribution in [2.45, 2.75) is 10.9 Å². The number of hydrazone groups is 1. The minimum Gasteiger partial charge on any atom is -0.312 e. The highest BCUT2D eigenvalue weighted by molar-refractivity contribution is 7.98. The molecule has 0 saturated heterocycles. The van der Waals surface area contributed by atoms with E-state index in [0.717, 1.165) is 10.7 Å². The lowest BCUT2D eigenvalue weighted by Gasteiger charge is -2.03. The van der Waals surface area contributed by atoms with Gasteiger partial charge in [-0.15, -0.1) is 10.2 Å². The number of aromatic nitrogens is 3. The first-order valence-corrected chi connectivity index (χ1v) is 9.15. The Kier molecular flexibility index (Phi) is 6.12. The number of aryl methyl sites for hydroxylation is 1. The third kappa shape index (κ3) is 4.80. The molecule has 0 aliphatic heterocycles. The van der Waals surface area contributed by atoms with Gasteiger partial charge in [-0.2, -0.15) is 5.10 Å². The fourth-order valence-electron chi connectivity index (χ4n) is 2.29. The lowest BCUT2D eigenvalue weighted by Crippen LogP contribution is -2.17. The largest absolute Gasteiger partial charge is 0.312 e. The molecule has 0 fully saturated rings. The number of rotatable bonds is 7. The molecule has 9 nitrogen and oxygen atoms in total. The SMILES string of the molecule is Cn1cnnc1SCc1ccc(C(=O)N/N=C\c2ccccc2[N+](=O)[O-])cc1. The summed E-state index contributed by atoms with van der Waals surface area (Å²) < 4.78 is 1.83. The van der Waals surface area contributed by atoms with Crippen molar-refractivity contribution >= 4 is 29.6 Å². The predicted molar refractivity (Wildman–Crippen MR) is 105 cm³/mol. The van der Waals surface area contributed by atoms with Crippen LogP contribution in [0, 0.1) is 10.1 Å². The van der Waals surface area contributed by atoms with Gasteiger partial charge in [0.05, 0.1) is 16.7 Å². The van der Waals surface area contributed by atoms with E-state index >= 15 is 0 Å². The number of thioether (sulfide) groups is 1. The van der Waals surface area contributed by atoms with Crippen LogP contribution < -0.4 is 5.43 Å². The Hall–Kier alpha value is -3.53. The maximum absolute atomic E-state index is 12.2. The molecule has 0 saturated carbocycles. The highest BCUT2D eigenvalue weighted by Crippen LogP contribution is 2.20. The Morgan fingerprint density at radius 2 is 2.04 bits per heavy atom. The van der Waals surface area contributed by atoms with Gasteiger partial charge in [0.2, 0.25) is 0 Å². The molecule has 0 spiro atoms. The van der Waals surface area contributed by atoms with Crippen LogP contribution in [0.25, 0.3) is 0 Å². The number of hydrogen-bond acceptors (Lipinski definition) is 7. The van der Waals surface area contributed by atoms with E-state index in [0.29, 0.717) is 16.9 Å². The van der Waals surface area contributed by atoms with Gasteiger partial charge in [0.25, 0.3) is 11.6 Å². The second-order valence-electron chi connectivity index (χ2n) is 5.73. The molecular weight excluding hydrogens is 380 g/mol. The average Bonchev–Trinajstić information content (AvgIpc) is 3.11. The lowest BCUT2D eigenvalue weighted by molar-refractivity contribution is -0.385. The first-order valence-electron chi connectivity index (χ1n) is 8.17. The Morgan fingerprint density at radius 3 is 2.71 bits per heavy atom. The van der Waals surface area contributed by atoms with Gasteiger partial charge in [-0.1, -0.05) is 36.0 Å². The summed E-state index contributed by atoms with van der Waals surface area (Å²) >= 11 is 1.55. The Balaban J connectivity index is 1.57. The highest BCUT2D eigenvalue weighted by atomic mass is 32.2. The molecule has 28 heavy (non-hydrogen) atoms. The average molecular weight is 396 g/mol. The number of carbonyl (C=O) groups is 1. The second-order valence-corrected chi connectivity index (χ2v) is 6.67. The number of nitro benzene ring substituents is 1. The molecule has 0 radical (unpaired) electrons. The van der Waals surface area contributed by atoms with Crippen LogP contribution in [0.2, 0.25) is 0 Å². The van der Waals surface area contributed by atoms with Crippen molar-refractivity contribution in [3.05, 3.63) is 81.7 Å². The van der Waals surface area contributed by atoms with Gasteiger partial charge in [0, 0.05) is 24.4 Å². The summed E-state index contributed by atoms with van der Waals surface area (Å²) in [5, 5.41) is 23.4. The molecule has 0 aliphatic carbocycles. The molecule has 0 aliphatic rings. The zero-order valence-electron chi connectivity index (χ0n) is 14.8. The quantitative estimate of drug-likeness (QED) is 0.284. The van der Waals surface area contributed by atoms with Crippen molar-refractivity contribution in [1.29, 1.82) is 0 Å². The Morgan fingerprint density at radius 1 is 1.29 bits per heavy atom. The Bertz CT molecular complexity index is 1020. The zero-order chi connectivity index (χ0) is 19.9. The number of carbonyl (C=O) groups excluding carboxylic acids is 1. The van der Waals surface area contributed by atoms with Gasteiger partial charge in [-0.25, -0.2) is 5.43 Å². The predicted octanol–water partition coefficient (Wildman–Crippen LogP) is 2.78. The first kappa shape index (κ1) is 19.2. The minimum absolute atomic E-state index is 0.0785. The van der Waals surface area contributed by atoms with E-state index in [1.54, 1.807) is 48.4 Å². The van der Waals surface area contributed by atoms with E-state index < -0.39 is 10.8 Å². The van der Waals surface area contributed by atoms with E-state index in [2.05, 4.69) is 20.7 Å². The van der Waals surface area contributed by atoms with Crippen molar-refractivity contribution in [2.24, 2.45) is 12.1 Å². The van der Waals surface area contributed by atoms with Crippen LogP contribution >= 0.6 is 11.8 Å². The smallest absolute Gasteiger partial charge is 0.278 e. The maximum atomic E-state index is 12.2. The van der Waals surface area contributed by atoms with Crippen LogP contribution in [0.3, 0.4) is 0 Å². The number of nitrogens with zero attached hydrogens (tertiary/aromatic N) is 5. The summed E-state index contributed by atoms with van der Waals surface area (Å²) in [6.07, 6.45) is 2.89. The van der Waals surface area contributed by atoms with E-state index in [4.69, 9.17) is 0 Å². The summed E-state index contributed by atoms with van der Waals surface area (Å²) in [6.45, 7) is 0. The standard InChI is InChI=1S/C18H16N6O3S/c1-23-12-20-22-18(23)28-11-13-6-8-14(9-7-13)17(25)21-19-10-15-4-2-3-5-16(15)24(26)27/h2-10,12H,11H2,1H3,(H,21,25)/b19-10-. The van der Waals surface area contributed by atoms with Gasteiger partial charge >= 0.3 is 0 Å². The summed E-state index contributed by atoms with van der Waals surface area (Å²) in [6, 6.07) is 13.3. The third-order valence-corrected chi connectivity index (χ3v) is 4.86. The molecule has 1 heterocycles. The molecule has 10 heteroatoms. The number of benzene rings is 2. The van der Waals surface area contributed by atoms with E-state index in [1.165, 1.54) is 12.3 Å². The molecule has 1 amide bonds. The van der Waals surface area contributed by atoms with E-state index in [1.807, 2.05) is 23.7 Å². The topological polar surface area (TPSA) is 115 Å². The van der Waals surface area contributed by atoms with Crippen LogP contribution in [-0.4, -0.2) is 31.8 Å². The molecule has 3 rings (SSSR count). The molecule has 1 aromatic heterocycles. The summed E-state index contributed by atoms with van der Waals surface area (Å²) in [7, 11) is 1.88. The number of nitrogens with one attached hydrogen (secondary N) is 1. The van der Waals surface area contributed by atoms with Crippen molar-refractivity contribution in [3.8, 4) is 0 Å². The summed E-state index contributed by atoms with van der Waals surface area (Å²) in [4.78, 5) is 22.6. The molecule has 0 bridgehead atoms. The molecule has 3 aromatic rings. The van der Waals surface area contributed by atoms with Gasteiger partial charge in [0.1, 0.15) is 6.33 Å². The number of amides is 1. The van der Waals surface area contributed by atoms with Crippen molar-refractivity contribution in [3.63, 3.8) is 0 Å². The number of hydrogen-bond donors (Lipinski definition) is 1. The maximum Gasteiger partial charge on any atom is 0.278 e. The van der Waals surface area contributed by atoms with Crippen LogP contribution in [0.15, 0.2) is 65.1 Å². The summed E-state index contributed by atoms with van der Waals surface area (Å²) in [5.74, 6) is 0.298.